The van der Waals surface area contributed by atoms with Gasteiger partial charge in [0.2, 0.25) is 0 Å². The van der Waals surface area contributed by atoms with Gasteiger partial charge in [-0.25, -0.2) is 4.79 Å². The van der Waals surface area contributed by atoms with Crippen molar-refractivity contribution in [1.82, 2.24) is 4.98 Å². The fourth-order valence-electron chi connectivity index (χ4n) is 1.51. The molecule has 0 saturated carbocycles. The van der Waals surface area contributed by atoms with Crippen molar-refractivity contribution < 1.29 is 14.6 Å². The molecule has 0 aliphatic rings. The van der Waals surface area contributed by atoms with Crippen LogP contribution >= 0.6 is 0 Å². The highest BCUT2D eigenvalue weighted by molar-refractivity contribution is 5.87. The highest BCUT2D eigenvalue weighted by Gasteiger charge is 2.03. The second kappa shape index (κ2) is 5.31. The first kappa shape index (κ1) is 12.1. The maximum Gasteiger partial charge on any atom is 0.335 e. The molecule has 0 amide bonds. The van der Waals surface area contributed by atoms with E-state index in [1.54, 1.807) is 18.3 Å². The number of carbonyl (C=O) groups is 1. The van der Waals surface area contributed by atoms with E-state index in [9.17, 15) is 4.79 Å². The lowest BCUT2D eigenvalue weighted by atomic mass is 10.2. The molecular weight excluding hydrogens is 230 g/mol. The molecule has 0 spiro atoms. The van der Waals surface area contributed by atoms with Crippen LogP contribution in [-0.4, -0.2) is 16.1 Å². The normalized spacial score (nSPS) is 10.1. The average Bonchev–Trinajstić information content (AvgIpc) is 2.38. The standard InChI is InChI=1S/C14H13NO3/c1-10-3-2-8-15-13(10)9-18-12-6-4-11(5-7-12)14(16)17/h2-8H,9H2,1H3,(H,16,17). The van der Waals surface area contributed by atoms with Crippen molar-refractivity contribution in [2.45, 2.75) is 13.5 Å². The van der Waals surface area contributed by atoms with Gasteiger partial charge in [-0.05, 0) is 42.8 Å². The summed E-state index contributed by atoms with van der Waals surface area (Å²) in [6.07, 6.45) is 1.72. The van der Waals surface area contributed by atoms with Crippen molar-refractivity contribution in [3.8, 4) is 5.75 Å². The highest BCUT2D eigenvalue weighted by atomic mass is 16.5. The zero-order valence-corrected chi connectivity index (χ0v) is 9.96. The van der Waals surface area contributed by atoms with Gasteiger partial charge in [-0.15, -0.1) is 0 Å². The summed E-state index contributed by atoms with van der Waals surface area (Å²) in [5.74, 6) is -0.313. The number of aryl methyl sites for hydroxylation is 1. The fourth-order valence-corrected chi connectivity index (χ4v) is 1.51. The maximum absolute atomic E-state index is 10.7. The van der Waals surface area contributed by atoms with E-state index in [2.05, 4.69) is 4.98 Å². The van der Waals surface area contributed by atoms with Crippen LogP contribution in [0.2, 0.25) is 0 Å². The second-order valence-corrected chi connectivity index (χ2v) is 3.89. The molecule has 0 aliphatic carbocycles. The van der Waals surface area contributed by atoms with Crippen molar-refractivity contribution in [3.63, 3.8) is 0 Å². The Labute approximate surface area is 105 Å². The molecule has 0 radical (unpaired) electrons. The fraction of sp³-hybridized carbons (Fsp3) is 0.143. The number of hydrogen-bond acceptors (Lipinski definition) is 3. The number of benzene rings is 1. The molecule has 2 aromatic rings. The maximum atomic E-state index is 10.7. The summed E-state index contributed by atoms with van der Waals surface area (Å²) in [4.78, 5) is 14.9. The van der Waals surface area contributed by atoms with Gasteiger partial charge in [0, 0.05) is 6.20 Å². The Morgan fingerprint density at radius 1 is 1.28 bits per heavy atom. The van der Waals surface area contributed by atoms with Gasteiger partial charge in [-0.3, -0.25) is 4.98 Å². The zero-order valence-electron chi connectivity index (χ0n) is 9.96. The molecule has 92 valence electrons. The van der Waals surface area contributed by atoms with Gasteiger partial charge >= 0.3 is 5.97 Å². The lowest BCUT2D eigenvalue weighted by Gasteiger charge is -2.07. The molecule has 1 aromatic heterocycles. The molecule has 4 heteroatoms. The van der Waals surface area contributed by atoms with Gasteiger partial charge in [0.15, 0.2) is 0 Å². The third kappa shape index (κ3) is 2.85. The van der Waals surface area contributed by atoms with Crippen LogP contribution in [0.1, 0.15) is 21.6 Å². The Morgan fingerprint density at radius 2 is 2.00 bits per heavy atom. The molecular formula is C14H13NO3. The van der Waals surface area contributed by atoms with Gasteiger partial charge in [0.25, 0.3) is 0 Å². The predicted molar refractivity (Wildman–Crippen MR) is 66.7 cm³/mol. The average molecular weight is 243 g/mol. The third-order valence-corrected chi connectivity index (χ3v) is 2.59. The van der Waals surface area contributed by atoms with Crippen molar-refractivity contribution >= 4 is 5.97 Å². The molecule has 0 bridgehead atoms. The van der Waals surface area contributed by atoms with Gasteiger partial charge < -0.3 is 9.84 Å². The van der Waals surface area contributed by atoms with E-state index >= 15 is 0 Å². The molecule has 0 unspecified atom stereocenters. The molecule has 2 rings (SSSR count). The Balaban J connectivity index is 2.02. The van der Waals surface area contributed by atoms with Crippen LogP contribution in [0.5, 0.6) is 5.75 Å². The summed E-state index contributed by atoms with van der Waals surface area (Å²) in [5.41, 5.74) is 2.19. The molecule has 4 nitrogen and oxygen atoms in total. The van der Waals surface area contributed by atoms with Crippen molar-refractivity contribution in [1.29, 1.82) is 0 Å². The van der Waals surface area contributed by atoms with Crippen LogP contribution in [-0.2, 0) is 6.61 Å². The Bertz CT molecular complexity index is 549. The predicted octanol–water partition coefficient (Wildman–Crippen LogP) is 2.67. The van der Waals surface area contributed by atoms with Gasteiger partial charge in [-0.1, -0.05) is 6.07 Å². The summed E-state index contributed by atoms with van der Waals surface area (Å²) in [5, 5.41) is 8.77. The summed E-state index contributed by atoms with van der Waals surface area (Å²) in [7, 11) is 0. The third-order valence-electron chi connectivity index (χ3n) is 2.59. The minimum absolute atomic E-state index is 0.247. The lowest BCUT2D eigenvalue weighted by Crippen LogP contribution is -2.01. The number of carboxylic acids is 1. The van der Waals surface area contributed by atoms with Crippen molar-refractivity contribution in [2.24, 2.45) is 0 Å². The first-order valence-corrected chi connectivity index (χ1v) is 5.53. The molecule has 1 aromatic carbocycles. The van der Waals surface area contributed by atoms with Crippen LogP contribution in [0, 0.1) is 6.92 Å². The first-order valence-electron chi connectivity index (χ1n) is 5.53. The van der Waals surface area contributed by atoms with E-state index in [0.717, 1.165) is 11.3 Å². The molecule has 1 heterocycles. The highest BCUT2D eigenvalue weighted by Crippen LogP contribution is 2.14. The zero-order chi connectivity index (χ0) is 13.0. The Kier molecular flexibility index (Phi) is 3.57. The smallest absolute Gasteiger partial charge is 0.335 e. The van der Waals surface area contributed by atoms with Gasteiger partial charge in [0.1, 0.15) is 12.4 Å². The topological polar surface area (TPSA) is 59.4 Å². The number of rotatable bonds is 4. The first-order chi connectivity index (χ1) is 8.66. The Hall–Kier alpha value is -2.36. The second-order valence-electron chi connectivity index (χ2n) is 3.89. The summed E-state index contributed by atoms with van der Waals surface area (Å²) < 4.78 is 5.55. The Morgan fingerprint density at radius 3 is 2.61 bits per heavy atom. The summed E-state index contributed by atoms with van der Waals surface area (Å²) in [6, 6.07) is 10.2. The number of pyridine rings is 1. The minimum Gasteiger partial charge on any atom is -0.487 e. The van der Waals surface area contributed by atoms with E-state index in [-0.39, 0.29) is 5.56 Å². The van der Waals surface area contributed by atoms with E-state index in [0.29, 0.717) is 12.4 Å². The van der Waals surface area contributed by atoms with Crippen LogP contribution in [0.4, 0.5) is 0 Å². The molecule has 0 fully saturated rings. The molecule has 0 aliphatic heterocycles. The number of nitrogens with zero attached hydrogens (tertiary/aromatic N) is 1. The number of ether oxygens (including phenoxy) is 1. The minimum atomic E-state index is -0.942. The molecule has 0 saturated heterocycles. The monoisotopic (exact) mass is 243 g/mol. The molecule has 1 N–H and O–H groups in total. The summed E-state index contributed by atoms with van der Waals surface area (Å²) >= 11 is 0. The lowest BCUT2D eigenvalue weighted by molar-refractivity contribution is 0.0697. The van der Waals surface area contributed by atoms with E-state index in [1.165, 1.54) is 12.1 Å². The van der Waals surface area contributed by atoms with E-state index < -0.39 is 5.97 Å². The van der Waals surface area contributed by atoms with Gasteiger partial charge in [-0.2, -0.15) is 0 Å². The number of hydrogen-bond donors (Lipinski definition) is 1. The quantitative estimate of drug-likeness (QED) is 0.896. The van der Waals surface area contributed by atoms with Crippen LogP contribution in [0.25, 0.3) is 0 Å². The number of carboxylic acid groups (broad SMARTS) is 1. The largest absolute Gasteiger partial charge is 0.487 e. The number of aromatic nitrogens is 1. The van der Waals surface area contributed by atoms with Crippen LogP contribution in [0.3, 0.4) is 0 Å². The summed E-state index contributed by atoms with van der Waals surface area (Å²) in [6.45, 7) is 2.35. The van der Waals surface area contributed by atoms with Crippen molar-refractivity contribution in [2.75, 3.05) is 0 Å². The molecule has 0 atom stereocenters. The van der Waals surface area contributed by atoms with Crippen LogP contribution in [0.15, 0.2) is 42.6 Å². The van der Waals surface area contributed by atoms with Crippen LogP contribution < -0.4 is 4.74 Å². The van der Waals surface area contributed by atoms with E-state index in [4.69, 9.17) is 9.84 Å². The van der Waals surface area contributed by atoms with Crippen molar-refractivity contribution in [3.05, 3.63) is 59.4 Å². The van der Waals surface area contributed by atoms with E-state index in [1.807, 2.05) is 19.1 Å². The molecule has 18 heavy (non-hydrogen) atoms. The van der Waals surface area contributed by atoms with Gasteiger partial charge in [0.05, 0.1) is 11.3 Å². The SMILES string of the molecule is Cc1cccnc1COc1ccc(C(=O)O)cc1. The number of aromatic carboxylic acids is 1.